The van der Waals surface area contributed by atoms with Crippen LogP contribution in [0.4, 0.5) is 0 Å². The molecule has 2 heterocycles. The minimum atomic E-state index is -0.674. The lowest BCUT2D eigenvalue weighted by Crippen LogP contribution is -2.19. The summed E-state index contributed by atoms with van der Waals surface area (Å²) in [6.07, 6.45) is 6.66. The normalized spacial score (nSPS) is 11.7. The number of aromatic nitrogens is 1. The first-order valence-electron chi connectivity index (χ1n) is 8.91. The van der Waals surface area contributed by atoms with Crippen LogP contribution >= 0.6 is 11.3 Å². The standard InChI is InChI=1S/C22H16N2O4S/c1-3-11-24-17-10-9-14(27-4-2)12-19(17)29-22(24)23-21(26)16-13-28-18-8-6-5-7-15(18)20(16)25/h1,5-10,12-13H,4,11H2,2H3. The van der Waals surface area contributed by atoms with E-state index >= 15 is 0 Å². The number of fused-ring (bicyclic) bond motifs is 2. The van der Waals surface area contributed by atoms with Crippen molar-refractivity contribution in [1.82, 2.24) is 4.57 Å². The van der Waals surface area contributed by atoms with Crippen LogP contribution in [0.5, 0.6) is 5.75 Å². The second kappa shape index (κ2) is 7.78. The molecule has 0 N–H and O–H groups in total. The number of ether oxygens (including phenoxy) is 1. The fraction of sp³-hybridized carbons (Fsp3) is 0.136. The second-order valence-corrected chi connectivity index (χ2v) is 7.14. The van der Waals surface area contributed by atoms with Crippen LogP contribution in [-0.4, -0.2) is 17.1 Å². The van der Waals surface area contributed by atoms with E-state index in [0.717, 1.165) is 22.2 Å². The van der Waals surface area contributed by atoms with Gasteiger partial charge in [0.05, 0.1) is 28.8 Å². The zero-order chi connectivity index (χ0) is 20.4. The third-order valence-electron chi connectivity index (χ3n) is 4.32. The molecular weight excluding hydrogens is 388 g/mol. The number of hydrogen-bond acceptors (Lipinski definition) is 5. The number of benzene rings is 2. The highest BCUT2D eigenvalue weighted by Crippen LogP contribution is 2.23. The van der Waals surface area contributed by atoms with E-state index in [4.69, 9.17) is 15.6 Å². The summed E-state index contributed by atoms with van der Waals surface area (Å²) in [5.74, 6) is 2.63. The zero-order valence-corrected chi connectivity index (χ0v) is 16.4. The number of carbonyl (C=O) groups is 1. The van der Waals surface area contributed by atoms with Crippen molar-refractivity contribution in [2.75, 3.05) is 6.61 Å². The highest BCUT2D eigenvalue weighted by atomic mass is 32.1. The van der Waals surface area contributed by atoms with Crippen molar-refractivity contribution in [2.24, 2.45) is 4.99 Å². The number of amides is 1. The van der Waals surface area contributed by atoms with Gasteiger partial charge in [-0.3, -0.25) is 9.59 Å². The lowest BCUT2D eigenvalue weighted by molar-refractivity contribution is 0.0995. The summed E-state index contributed by atoms with van der Waals surface area (Å²) in [7, 11) is 0. The van der Waals surface area contributed by atoms with Crippen LogP contribution in [0.3, 0.4) is 0 Å². The maximum atomic E-state index is 12.8. The number of hydrogen-bond donors (Lipinski definition) is 0. The molecule has 4 rings (SSSR count). The quantitative estimate of drug-likeness (QED) is 0.487. The van der Waals surface area contributed by atoms with Gasteiger partial charge < -0.3 is 13.7 Å². The van der Waals surface area contributed by atoms with Crippen molar-refractivity contribution >= 4 is 38.4 Å². The highest BCUT2D eigenvalue weighted by molar-refractivity contribution is 7.16. The maximum absolute atomic E-state index is 12.8. The largest absolute Gasteiger partial charge is 0.494 e. The van der Waals surface area contributed by atoms with Crippen LogP contribution in [0.25, 0.3) is 21.2 Å². The van der Waals surface area contributed by atoms with Gasteiger partial charge in [-0.05, 0) is 37.3 Å². The first kappa shape index (κ1) is 18.7. The van der Waals surface area contributed by atoms with Crippen molar-refractivity contribution in [3.8, 4) is 18.1 Å². The number of carbonyl (C=O) groups excluding carboxylic acids is 1. The Morgan fingerprint density at radius 1 is 1.31 bits per heavy atom. The molecular formula is C22H16N2O4S. The predicted molar refractivity (Wildman–Crippen MR) is 112 cm³/mol. The molecule has 0 aliphatic carbocycles. The Morgan fingerprint density at radius 2 is 2.14 bits per heavy atom. The fourth-order valence-electron chi connectivity index (χ4n) is 3.01. The van der Waals surface area contributed by atoms with Gasteiger partial charge >= 0.3 is 0 Å². The van der Waals surface area contributed by atoms with Crippen LogP contribution in [0, 0.1) is 12.3 Å². The van der Waals surface area contributed by atoms with E-state index in [9.17, 15) is 9.59 Å². The van der Waals surface area contributed by atoms with E-state index in [0.29, 0.717) is 22.4 Å². The van der Waals surface area contributed by atoms with Crippen molar-refractivity contribution in [3.05, 3.63) is 69.3 Å². The molecule has 2 aromatic heterocycles. The molecule has 0 fully saturated rings. The lowest BCUT2D eigenvalue weighted by atomic mass is 10.2. The Labute approximate surface area is 169 Å². The fourth-order valence-corrected chi connectivity index (χ4v) is 4.07. The SMILES string of the molecule is C#CCn1c(=NC(=O)c2coc3ccccc3c2=O)sc2cc(OCC)ccc21. The Morgan fingerprint density at radius 3 is 2.93 bits per heavy atom. The first-order chi connectivity index (χ1) is 14.1. The van der Waals surface area contributed by atoms with Gasteiger partial charge in [-0.25, -0.2) is 0 Å². The van der Waals surface area contributed by atoms with Crippen LogP contribution in [0.15, 0.2) is 62.9 Å². The van der Waals surface area contributed by atoms with E-state index < -0.39 is 11.3 Å². The Bertz CT molecular complexity index is 1400. The second-order valence-electron chi connectivity index (χ2n) is 6.13. The van der Waals surface area contributed by atoms with Gasteiger partial charge in [-0.1, -0.05) is 29.4 Å². The molecule has 29 heavy (non-hydrogen) atoms. The number of thiazole rings is 1. The topological polar surface area (TPSA) is 73.8 Å². The van der Waals surface area contributed by atoms with Crippen LogP contribution in [0.2, 0.25) is 0 Å². The highest BCUT2D eigenvalue weighted by Gasteiger charge is 2.15. The van der Waals surface area contributed by atoms with E-state index in [1.54, 1.807) is 28.8 Å². The van der Waals surface area contributed by atoms with Gasteiger partial charge in [0.15, 0.2) is 4.80 Å². The molecule has 2 aromatic carbocycles. The average Bonchev–Trinajstić information content (AvgIpc) is 3.05. The summed E-state index contributed by atoms with van der Waals surface area (Å²) in [6.45, 7) is 2.70. The van der Waals surface area contributed by atoms with E-state index in [1.807, 2.05) is 25.1 Å². The average molecular weight is 404 g/mol. The minimum absolute atomic E-state index is 0.122. The molecule has 0 atom stereocenters. The molecule has 0 radical (unpaired) electrons. The van der Waals surface area contributed by atoms with Crippen LogP contribution in [-0.2, 0) is 6.54 Å². The summed E-state index contributed by atoms with van der Waals surface area (Å²) in [6, 6.07) is 12.4. The van der Waals surface area contributed by atoms with Crippen molar-refractivity contribution < 1.29 is 13.9 Å². The van der Waals surface area contributed by atoms with Crippen molar-refractivity contribution in [1.29, 1.82) is 0 Å². The summed E-state index contributed by atoms with van der Waals surface area (Å²) in [5.41, 5.74) is 0.725. The summed E-state index contributed by atoms with van der Waals surface area (Å²) in [5, 5.41) is 0.336. The molecule has 0 spiro atoms. The Balaban J connectivity index is 1.86. The number of nitrogens with zero attached hydrogens (tertiary/aromatic N) is 2. The molecule has 0 aliphatic rings. The molecule has 144 valence electrons. The minimum Gasteiger partial charge on any atom is -0.494 e. The summed E-state index contributed by atoms with van der Waals surface area (Å²) in [4.78, 5) is 30.0. The van der Waals surface area contributed by atoms with Crippen LogP contribution < -0.4 is 15.0 Å². The monoisotopic (exact) mass is 404 g/mol. The Kier molecular flexibility index (Phi) is 5.02. The predicted octanol–water partition coefficient (Wildman–Crippen LogP) is 3.58. The zero-order valence-electron chi connectivity index (χ0n) is 15.5. The van der Waals surface area contributed by atoms with Gasteiger partial charge in [0.1, 0.15) is 23.2 Å². The smallest absolute Gasteiger partial charge is 0.286 e. The molecule has 1 amide bonds. The third-order valence-corrected chi connectivity index (χ3v) is 5.36. The van der Waals surface area contributed by atoms with E-state index in [1.165, 1.54) is 11.3 Å². The summed E-state index contributed by atoms with van der Waals surface area (Å²) >= 11 is 1.30. The van der Waals surface area contributed by atoms with Crippen molar-refractivity contribution in [3.63, 3.8) is 0 Å². The molecule has 7 heteroatoms. The van der Waals surface area contributed by atoms with E-state index in [-0.39, 0.29) is 12.1 Å². The van der Waals surface area contributed by atoms with E-state index in [2.05, 4.69) is 10.9 Å². The third kappa shape index (κ3) is 3.46. The van der Waals surface area contributed by atoms with Gasteiger partial charge in [-0.15, -0.1) is 6.42 Å². The summed E-state index contributed by atoms with van der Waals surface area (Å²) < 4.78 is 13.6. The number of rotatable bonds is 4. The maximum Gasteiger partial charge on any atom is 0.286 e. The lowest BCUT2D eigenvalue weighted by Gasteiger charge is -2.03. The van der Waals surface area contributed by atoms with Gasteiger partial charge in [0.2, 0.25) is 5.43 Å². The van der Waals surface area contributed by atoms with Gasteiger partial charge in [0.25, 0.3) is 5.91 Å². The first-order valence-corrected chi connectivity index (χ1v) is 9.73. The van der Waals surface area contributed by atoms with Crippen LogP contribution in [0.1, 0.15) is 17.3 Å². The molecule has 0 bridgehead atoms. The number of para-hydroxylation sites is 1. The molecule has 0 saturated carbocycles. The van der Waals surface area contributed by atoms with Gasteiger partial charge in [0, 0.05) is 0 Å². The Hall–Kier alpha value is -3.63. The number of terminal acetylenes is 1. The van der Waals surface area contributed by atoms with Gasteiger partial charge in [-0.2, -0.15) is 4.99 Å². The molecule has 0 aliphatic heterocycles. The molecule has 0 unspecified atom stereocenters. The molecule has 6 nitrogen and oxygen atoms in total. The van der Waals surface area contributed by atoms with Crippen molar-refractivity contribution in [2.45, 2.75) is 13.5 Å². The molecule has 4 aromatic rings. The molecule has 0 saturated heterocycles.